The number of carbonyl (C=O) groups is 2. The van der Waals surface area contributed by atoms with E-state index in [0.29, 0.717) is 16.5 Å². The minimum Gasteiger partial charge on any atom is -0.350 e. The topological polar surface area (TPSA) is 70.2 Å². The van der Waals surface area contributed by atoms with E-state index in [0.717, 1.165) is 19.5 Å². The van der Waals surface area contributed by atoms with Gasteiger partial charge in [0.25, 0.3) is 5.91 Å². The van der Waals surface area contributed by atoms with Crippen molar-refractivity contribution in [3.05, 3.63) is 34.9 Å². The summed E-state index contributed by atoms with van der Waals surface area (Å²) in [5, 5.41) is 9.54. The fraction of sp³-hybridized carbons (Fsp3) is 0.500. The van der Waals surface area contributed by atoms with Gasteiger partial charge in [-0.25, -0.2) is 0 Å². The van der Waals surface area contributed by atoms with E-state index in [2.05, 4.69) is 22.9 Å². The summed E-state index contributed by atoms with van der Waals surface area (Å²) in [4.78, 5) is 24.3. The van der Waals surface area contributed by atoms with Gasteiger partial charge in [0.2, 0.25) is 5.91 Å². The first-order valence-electron chi connectivity index (χ1n) is 7.55. The van der Waals surface area contributed by atoms with Crippen molar-refractivity contribution in [3.8, 4) is 0 Å². The van der Waals surface area contributed by atoms with E-state index < -0.39 is 6.04 Å². The molecule has 1 aromatic rings. The smallest absolute Gasteiger partial charge is 0.251 e. The van der Waals surface area contributed by atoms with Crippen molar-refractivity contribution in [2.45, 2.75) is 32.4 Å². The van der Waals surface area contributed by atoms with Crippen molar-refractivity contribution < 1.29 is 9.59 Å². The van der Waals surface area contributed by atoms with Crippen LogP contribution in [0.1, 0.15) is 30.6 Å². The summed E-state index contributed by atoms with van der Waals surface area (Å²) < 4.78 is 0. The molecule has 3 atom stereocenters. The maximum Gasteiger partial charge on any atom is 0.251 e. The van der Waals surface area contributed by atoms with Crippen molar-refractivity contribution in [1.82, 2.24) is 16.0 Å². The third kappa shape index (κ3) is 4.45. The minimum absolute atomic E-state index is 0.108. The summed E-state index contributed by atoms with van der Waals surface area (Å²) >= 11 is 5.79. The predicted octanol–water partition coefficient (Wildman–Crippen LogP) is 1.57. The Hall–Kier alpha value is -1.59. The molecule has 22 heavy (non-hydrogen) atoms. The normalized spacial score (nSPS) is 22.7. The summed E-state index contributed by atoms with van der Waals surface area (Å²) in [5.41, 5.74) is 0.483. The van der Waals surface area contributed by atoms with Gasteiger partial charge < -0.3 is 16.0 Å². The molecule has 1 aliphatic rings. The zero-order valence-electron chi connectivity index (χ0n) is 12.9. The van der Waals surface area contributed by atoms with Gasteiger partial charge in [-0.3, -0.25) is 9.59 Å². The highest BCUT2D eigenvalue weighted by molar-refractivity contribution is 6.30. The van der Waals surface area contributed by atoms with Crippen molar-refractivity contribution >= 4 is 23.4 Å². The van der Waals surface area contributed by atoms with Gasteiger partial charge in [0, 0.05) is 23.2 Å². The average molecular weight is 324 g/mol. The number of amides is 2. The second kappa shape index (κ2) is 7.61. The van der Waals surface area contributed by atoms with Crippen molar-refractivity contribution in [1.29, 1.82) is 0 Å². The van der Waals surface area contributed by atoms with Crippen molar-refractivity contribution in [2.75, 3.05) is 13.1 Å². The number of halogens is 1. The SMILES string of the molecule is CC(NC(=O)c1ccc(Cl)cc1)C(=O)NC1CNCCC1C. The molecule has 1 aromatic carbocycles. The highest BCUT2D eigenvalue weighted by Crippen LogP contribution is 2.12. The number of carbonyl (C=O) groups excluding carboxylic acids is 2. The van der Waals surface area contributed by atoms with E-state index in [4.69, 9.17) is 11.6 Å². The molecule has 1 aliphatic heterocycles. The van der Waals surface area contributed by atoms with Gasteiger partial charge in [0.15, 0.2) is 0 Å². The first-order chi connectivity index (χ1) is 10.5. The van der Waals surface area contributed by atoms with E-state index in [1.807, 2.05) is 0 Å². The van der Waals surface area contributed by atoms with Crippen molar-refractivity contribution in [2.24, 2.45) is 5.92 Å². The van der Waals surface area contributed by atoms with Crippen LogP contribution in [0.2, 0.25) is 5.02 Å². The molecule has 2 amide bonds. The summed E-state index contributed by atoms with van der Waals surface area (Å²) in [6.45, 7) is 5.56. The molecule has 2 rings (SSSR count). The molecule has 1 saturated heterocycles. The number of nitrogens with one attached hydrogen (secondary N) is 3. The minimum atomic E-state index is -0.586. The van der Waals surface area contributed by atoms with Crippen LogP contribution in [-0.4, -0.2) is 37.0 Å². The molecular formula is C16H22ClN3O2. The third-order valence-corrected chi connectivity index (χ3v) is 4.25. The first kappa shape index (κ1) is 16.8. The number of piperidine rings is 1. The van der Waals surface area contributed by atoms with E-state index in [1.54, 1.807) is 31.2 Å². The Bertz CT molecular complexity index is 533. The Labute approximate surface area is 135 Å². The molecule has 0 spiro atoms. The van der Waals surface area contributed by atoms with Gasteiger partial charge in [-0.2, -0.15) is 0 Å². The van der Waals surface area contributed by atoms with Crippen LogP contribution in [0.15, 0.2) is 24.3 Å². The molecule has 0 radical (unpaired) electrons. The van der Waals surface area contributed by atoms with E-state index in [-0.39, 0.29) is 17.9 Å². The fourth-order valence-electron chi connectivity index (χ4n) is 2.44. The second-order valence-corrected chi connectivity index (χ2v) is 6.22. The molecule has 1 fully saturated rings. The largest absolute Gasteiger partial charge is 0.350 e. The van der Waals surface area contributed by atoms with Crippen LogP contribution in [0.3, 0.4) is 0 Å². The lowest BCUT2D eigenvalue weighted by atomic mass is 9.94. The highest BCUT2D eigenvalue weighted by atomic mass is 35.5. The first-order valence-corrected chi connectivity index (χ1v) is 7.92. The Morgan fingerprint density at radius 1 is 1.32 bits per heavy atom. The molecule has 0 aliphatic carbocycles. The lowest BCUT2D eigenvalue weighted by Crippen LogP contribution is -2.54. The number of hydrogen-bond acceptors (Lipinski definition) is 3. The van der Waals surface area contributed by atoms with Crippen LogP contribution < -0.4 is 16.0 Å². The predicted molar refractivity (Wildman–Crippen MR) is 87.0 cm³/mol. The molecule has 5 nitrogen and oxygen atoms in total. The van der Waals surface area contributed by atoms with Crippen LogP contribution in [0, 0.1) is 5.92 Å². The molecule has 3 unspecified atom stereocenters. The van der Waals surface area contributed by atoms with E-state index in [9.17, 15) is 9.59 Å². The maximum atomic E-state index is 12.2. The summed E-state index contributed by atoms with van der Waals surface area (Å²) in [6, 6.07) is 6.09. The lowest BCUT2D eigenvalue weighted by molar-refractivity contribution is -0.123. The third-order valence-electron chi connectivity index (χ3n) is 4.00. The molecule has 0 aromatic heterocycles. The zero-order valence-corrected chi connectivity index (χ0v) is 13.6. The fourth-order valence-corrected chi connectivity index (χ4v) is 2.56. The van der Waals surface area contributed by atoms with Gasteiger partial charge in [-0.15, -0.1) is 0 Å². The Balaban J connectivity index is 1.87. The Morgan fingerprint density at radius 2 is 2.00 bits per heavy atom. The summed E-state index contributed by atoms with van der Waals surface area (Å²) in [5.74, 6) is -0.0126. The summed E-state index contributed by atoms with van der Waals surface area (Å²) in [6.07, 6.45) is 1.04. The van der Waals surface area contributed by atoms with Gasteiger partial charge in [0.05, 0.1) is 0 Å². The van der Waals surface area contributed by atoms with E-state index >= 15 is 0 Å². The van der Waals surface area contributed by atoms with Crippen LogP contribution >= 0.6 is 11.6 Å². The molecule has 1 heterocycles. The van der Waals surface area contributed by atoms with E-state index in [1.165, 1.54) is 0 Å². The molecular weight excluding hydrogens is 302 g/mol. The second-order valence-electron chi connectivity index (χ2n) is 5.79. The summed E-state index contributed by atoms with van der Waals surface area (Å²) in [7, 11) is 0. The Morgan fingerprint density at radius 3 is 2.64 bits per heavy atom. The van der Waals surface area contributed by atoms with Gasteiger partial charge in [-0.1, -0.05) is 18.5 Å². The van der Waals surface area contributed by atoms with Crippen LogP contribution in [0.4, 0.5) is 0 Å². The standard InChI is InChI=1S/C16H22ClN3O2/c1-10-7-8-18-9-14(10)20-15(21)11(2)19-16(22)12-3-5-13(17)6-4-12/h3-6,10-11,14,18H,7-9H2,1-2H3,(H,19,22)(H,20,21). The monoisotopic (exact) mass is 323 g/mol. The maximum absolute atomic E-state index is 12.2. The van der Waals surface area contributed by atoms with Crippen LogP contribution in [-0.2, 0) is 4.79 Å². The highest BCUT2D eigenvalue weighted by Gasteiger charge is 2.25. The molecule has 0 saturated carbocycles. The van der Waals surface area contributed by atoms with Gasteiger partial charge >= 0.3 is 0 Å². The number of rotatable bonds is 4. The Kier molecular flexibility index (Phi) is 5.80. The van der Waals surface area contributed by atoms with Gasteiger partial charge in [-0.05, 0) is 50.1 Å². The van der Waals surface area contributed by atoms with Crippen molar-refractivity contribution in [3.63, 3.8) is 0 Å². The quantitative estimate of drug-likeness (QED) is 0.788. The van der Waals surface area contributed by atoms with Crippen LogP contribution in [0.25, 0.3) is 0 Å². The molecule has 120 valence electrons. The molecule has 6 heteroatoms. The number of benzene rings is 1. The zero-order chi connectivity index (χ0) is 16.1. The van der Waals surface area contributed by atoms with Crippen LogP contribution in [0.5, 0.6) is 0 Å². The molecule has 3 N–H and O–H groups in total. The average Bonchev–Trinajstić information content (AvgIpc) is 2.50. The van der Waals surface area contributed by atoms with Gasteiger partial charge in [0.1, 0.15) is 6.04 Å². The number of hydrogen-bond donors (Lipinski definition) is 3. The lowest BCUT2D eigenvalue weighted by Gasteiger charge is -2.31. The molecule has 0 bridgehead atoms.